The van der Waals surface area contributed by atoms with Crippen molar-refractivity contribution in [3.05, 3.63) is 61.9 Å². The zero-order valence-electron chi connectivity index (χ0n) is 11.4. The smallest absolute Gasteiger partial charge is 0.0422 e. The van der Waals surface area contributed by atoms with Crippen LogP contribution < -0.4 is 5.32 Å². The summed E-state index contributed by atoms with van der Waals surface area (Å²) in [7, 11) is 0. The van der Waals surface area contributed by atoms with Crippen LogP contribution >= 0.6 is 38.5 Å². The van der Waals surface area contributed by atoms with Gasteiger partial charge in [0.2, 0.25) is 0 Å². The van der Waals surface area contributed by atoms with Crippen LogP contribution in [0, 0.1) is 3.57 Å². The number of nitrogens with one attached hydrogen (secondary N) is 1. The average Bonchev–Trinajstić information content (AvgIpc) is 2.47. The fourth-order valence-electron chi connectivity index (χ4n) is 2.12. The molecule has 0 saturated heterocycles. The van der Waals surface area contributed by atoms with Gasteiger partial charge in [-0.2, -0.15) is 0 Å². The molecule has 1 aromatic carbocycles. The number of rotatable bonds is 6. The minimum Gasteiger partial charge on any atom is -0.310 e. The van der Waals surface area contributed by atoms with Crippen LogP contribution in [0.3, 0.4) is 0 Å². The summed E-state index contributed by atoms with van der Waals surface area (Å²) >= 11 is 5.98. The van der Waals surface area contributed by atoms with Crippen LogP contribution in [-0.2, 0) is 6.42 Å². The summed E-state index contributed by atoms with van der Waals surface area (Å²) < 4.78 is 2.41. The molecule has 1 atom stereocenters. The minimum absolute atomic E-state index is 0.300. The van der Waals surface area contributed by atoms with Gasteiger partial charge in [0.1, 0.15) is 0 Å². The number of benzene rings is 1. The Morgan fingerprint density at radius 2 is 2.15 bits per heavy atom. The molecular weight excluding hydrogens is 427 g/mol. The maximum absolute atomic E-state index is 4.45. The minimum atomic E-state index is 0.300. The van der Waals surface area contributed by atoms with Crippen molar-refractivity contribution in [3.8, 4) is 0 Å². The normalized spacial score (nSPS) is 12.3. The third-order valence-corrected chi connectivity index (χ3v) is 4.59. The monoisotopic (exact) mass is 444 g/mol. The second kappa shape index (κ2) is 8.10. The fourth-order valence-corrected chi connectivity index (χ4v) is 3.21. The van der Waals surface area contributed by atoms with E-state index in [1.807, 2.05) is 18.3 Å². The first-order valence-corrected chi connectivity index (χ1v) is 8.66. The van der Waals surface area contributed by atoms with E-state index in [4.69, 9.17) is 0 Å². The van der Waals surface area contributed by atoms with Crippen molar-refractivity contribution in [2.75, 3.05) is 6.54 Å². The molecule has 106 valence electrons. The Labute approximate surface area is 142 Å². The van der Waals surface area contributed by atoms with Crippen LogP contribution in [0.25, 0.3) is 0 Å². The Morgan fingerprint density at radius 1 is 1.30 bits per heavy atom. The number of hydrogen-bond donors (Lipinski definition) is 1. The van der Waals surface area contributed by atoms with Gasteiger partial charge in [-0.25, -0.2) is 0 Å². The largest absolute Gasteiger partial charge is 0.310 e. The molecule has 0 radical (unpaired) electrons. The SMILES string of the molecule is CCCNC(Cc1ccccn1)c1cc(Br)ccc1I. The molecule has 1 aromatic heterocycles. The van der Waals surface area contributed by atoms with E-state index in [-0.39, 0.29) is 0 Å². The molecule has 0 fully saturated rings. The van der Waals surface area contributed by atoms with Gasteiger partial charge in [0.05, 0.1) is 0 Å². The van der Waals surface area contributed by atoms with Gasteiger partial charge in [-0.3, -0.25) is 4.98 Å². The van der Waals surface area contributed by atoms with Crippen LogP contribution in [0.15, 0.2) is 47.1 Å². The lowest BCUT2D eigenvalue weighted by molar-refractivity contribution is 0.522. The van der Waals surface area contributed by atoms with Crippen LogP contribution in [0.2, 0.25) is 0 Å². The number of hydrogen-bond acceptors (Lipinski definition) is 2. The number of halogens is 2. The van der Waals surface area contributed by atoms with Crippen molar-refractivity contribution in [1.82, 2.24) is 10.3 Å². The molecule has 20 heavy (non-hydrogen) atoms. The standard InChI is InChI=1S/C16H18BrIN2/c1-2-8-20-16(11-13-5-3-4-9-19-13)14-10-12(17)6-7-15(14)18/h3-7,9-10,16,20H,2,8,11H2,1H3. The summed E-state index contributed by atoms with van der Waals surface area (Å²) in [4.78, 5) is 4.45. The predicted octanol–water partition coefficient (Wildman–Crippen LogP) is 4.73. The quantitative estimate of drug-likeness (QED) is 0.651. The fraction of sp³-hybridized carbons (Fsp3) is 0.312. The Bertz CT molecular complexity index is 545. The van der Waals surface area contributed by atoms with Gasteiger partial charge in [0, 0.05) is 32.4 Å². The predicted molar refractivity (Wildman–Crippen MR) is 95.8 cm³/mol. The maximum atomic E-state index is 4.45. The zero-order chi connectivity index (χ0) is 14.4. The highest BCUT2D eigenvalue weighted by molar-refractivity contribution is 14.1. The molecule has 4 heteroatoms. The van der Waals surface area contributed by atoms with E-state index in [1.165, 1.54) is 9.13 Å². The molecule has 0 aliphatic rings. The summed E-state index contributed by atoms with van der Waals surface area (Å²) in [5, 5.41) is 3.64. The number of nitrogens with zero attached hydrogens (tertiary/aromatic N) is 1. The molecule has 1 heterocycles. The van der Waals surface area contributed by atoms with Crippen LogP contribution in [0.1, 0.15) is 30.6 Å². The summed E-state index contributed by atoms with van der Waals surface area (Å²) in [6, 6.07) is 12.8. The van der Waals surface area contributed by atoms with Gasteiger partial charge in [-0.15, -0.1) is 0 Å². The second-order valence-electron chi connectivity index (χ2n) is 4.70. The molecule has 2 aromatic rings. The van der Waals surface area contributed by atoms with Gasteiger partial charge >= 0.3 is 0 Å². The molecular formula is C16H18BrIN2. The van der Waals surface area contributed by atoms with Gasteiger partial charge in [0.25, 0.3) is 0 Å². The van der Waals surface area contributed by atoms with Crippen molar-refractivity contribution < 1.29 is 0 Å². The number of aromatic nitrogens is 1. The first-order chi connectivity index (χ1) is 9.70. The molecule has 0 bridgehead atoms. The van der Waals surface area contributed by atoms with Gasteiger partial charge in [0.15, 0.2) is 0 Å². The van der Waals surface area contributed by atoms with Gasteiger partial charge < -0.3 is 5.32 Å². The lowest BCUT2D eigenvalue weighted by atomic mass is 10.0. The van der Waals surface area contributed by atoms with E-state index in [0.717, 1.165) is 29.6 Å². The van der Waals surface area contributed by atoms with Crippen LogP contribution in [-0.4, -0.2) is 11.5 Å². The Kier molecular flexibility index (Phi) is 6.45. The summed E-state index contributed by atoms with van der Waals surface area (Å²) in [5.74, 6) is 0. The average molecular weight is 445 g/mol. The summed E-state index contributed by atoms with van der Waals surface area (Å²) in [6.45, 7) is 3.21. The van der Waals surface area contributed by atoms with Crippen molar-refractivity contribution in [3.63, 3.8) is 0 Å². The first-order valence-electron chi connectivity index (χ1n) is 6.79. The number of pyridine rings is 1. The Morgan fingerprint density at radius 3 is 2.85 bits per heavy atom. The lowest BCUT2D eigenvalue weighted by Crippen LogP contribution is -2.25. The molecule has 1 unspecified atom stereocenters. The summed E-state index contributed by atoms with van der Waals surface area (Å²) in [6.07, 6.45) is 3.90. The van der Waals surface area contributed by atoms with Gasteiger partial charge in [-0.1, -0.05) is 28.9 Å². The van der Waals surface area contributed by atoms with Gasteiger partial charge in [-0.05, 0) is 71.5 Å². The Hall–Kier alpha value is -0.460. The molecule has 2 rings (SSSR count). The zero-order valence-corrected chi connectivity index (χ0v) is 15.2. The van der Waals surface area contributed by atoms with E-state index in [1.54, 1.807) is 0 Å². The molecule has 2 nitrogen and oxygen atoms in total. The molecule has 0 aliphatic heterocycles. The topological polar surface area (TPSA) is 24.9 Å². The van der Waals surface area contributed by atoms with Crippen molar-refractivity contribution in [1.29, 1.82) is 0 Å². The van der Waals surface area contributed by atoms with E-state index in [0.29, 0.717) is 6.04 Å². The lowest BCUT2D eigenvalue weighted by Gasteiger charge is -2.20. The van der Waals surface area contributed by atoms with Crippen LogP contribution in [0.4, 0.5) is 0 Å². The molecule has 0 aliphatic carbocycles. The molecule has 0 saturated carbocycles. The van der Waals surface area contributed by atoms with Crippen molar-refractivity contribution >= 4 is 38.5 Å². The third kappa shape index (κ3) is 4.53. The highest BCUT2D eigenvalue weighted by Crippen LogP contribution is 2.26. The van der Waals surface area contributed by atoms with E-state index in [9.17, 15) is 0 Å². The second-order valence-corrected chi connectivity index (χ2v) is 6.78. The third-order valence-electron chi connectivity index (χ3n) is 3.11. The molecule has 0 amide bonds. The van der Waals surface area contributed by atoms with Crippen molar-refractivity contribution in [2.45, 2.75) is 25.8 Å². The van der Waals surface area contributed by atoms with E-state index >= 15 is 0 Å². The van der Waals surface area contributed by atoms with E-state index in [2.05, 4.69) is 80.0 Å². The highest BCUT2D eigenvalue weighted by atomic mass is 127. The molecule has 1 N–H and O–H groups in total. The summed E-state index contributed by atoms with van der Waals surface area (Å²) in [5.41, 5.74) is 2.45. The Balaban J connectivity index is 2.24. The highest BCUT2D eigenvalue weighted by Gasteiger charge is 2.15. The first kappa shape index (κ1) is 15.9. The van der Waals surface area contributed by atoms with E-state index < -0.39 is 0 Å². The maximum Gasteiger partial charge on any atom is 0.0422 e. The molecule has 0 spiro atoms. The van der Waals surface area contributed by atoms with Crippen LogP contribution in [0.5, 0.6) is 0 Å². The van der Waals surface area contributed by atoms with Crippen molar-refractivity contribution in [2.24, 2.45) is 0 Å².